The smallest absolute Gasteiger partial charge is 0.179 e. The molecular weight excluding hydrogens is 180 g/mol. The predicted octanol–water partition coefficient (Wildman–Crippen LogP) is 1.36. The van der Waals surface area contributed by atoms with Crippen LogP contribution >= 0.6 is 0 Å². The van der Waals surface area contributed by atoms with Crippen molar-refractivity contribution in [2.75, 3.05) is 7.11 Å². The number of nitrogens with zero attached hydrogens (tertiary/aromatic N) is 3. The minimum atomic E-state index is -0.0660. The van der Waals surface area contributed by atoms with Crippen LogP contribution in [0.2, 0.25) is 0 Å². The predicted molar refractivity (Wildman–Crippen MR) is 50.4 cm³/mol. The Labute approximate surface area is 83.1 Å². The summed E-state index contributed by atoms with van der Waals surface area (Å²) >= 11 is 0. The Morgan fingerprint density at radius 2 is 2.43 bits per heavy atom. The third-order valence-corrected chi connectivity index (χ3v) is 1.92. The van der Waals surface area contributed by atoms with Gasteiger partial charge in [0.1, 0.15) is 11.9 Å². The molecule has 0 aliphatic heterocycles. The molecule has 0 aromatic carbocycles. The van der Waals surface area contributed by atoms with E-state index < -0.39 is 0 Å². The minimum absolute atomic E-state index is 0.0660. The topological polar surface area (TPSA) is 74.6 Å². The van der Waals surface area contributed by atoms with Gasteiger partial charge in [-0.25, -0.2) is 4.98 Å². The first-order valence-electron chi connectivity index (χ1n) is 4.62. The molecule has 0 aliphatic rings. The SMILES string of the molecule is CCCC(OC)c1n[nH]c(CC#N)n1. The van der Waals surface area contributed by atoms with Crippen molar-refractivity contribution in [3.63, 3.8) is 0 Å². The number of nitriles is 1. The zero-order chi connectivity index (χ0) is 10.4. The van der Waals surface area contributed by atoms with Crippen LogP contribution in [-0.2, 0) is 11.2 Å². The number of aromatic nitrogens is 3. The summed E-state index contributed by atoms with van der Waals surface area (Å²) in [5.74, 6) is 1.24. The minimum Gasteiger partial charge on any atom is -0.373 e. The van der Waals surface area contributed by atoms with E-state index in [-0.39, 0.29) is 12.5 Å². The maximum absolute atomic E-state index is 8.46. The molecule has 1 N–H and O–H groups in total. The van der Waals surface area contributed by atoms with Gasteiger partial charge in [0.05, 0.1) is 12.5 Å². The summed E-state index contributed by atoms with van der Waals surface area (Å²) in [6, 6.07) is 2.01. The third-order valence-electron chi connectivity index (χ3n) is 1.92. The lowest BCUT2D eigenvalue weighted by atomic mass is 10.2. The molecule has 1 atom stereocenters. The van der Waals surface area contributed by atoms with Crippen molar-refractivity contribution >= 4 is 0 Å². The van der Waals surface area contributed by atoms with E-state index in [2.05, 4.69) is 22.1 Å². The van der Waals surface area contributed by atoms with Crippen molar-refractivity contribution in [2.24, 2.45) is 0 Å². The molecule has 1 aromatic rings. The summed E-state index contributed by atoms with van der Waals surface area (Å²) in [6.07, 6.45) is 2.10. The first-order chi connectivity index (χ1) is 6.81. The van der Waals surface area contributed by atoms with E-state index in [9.17, 15) is 0 Å². The average molecular weight is 194 g/mol. The Morgan fingerprint density at radius 3 is 3.00 bits per heavy atom. The maximum atomic E-state index is 8.46. The molecule has 5 heteroatoms. The molecule has 0 bridgehead atoms. The molecule has 1 heterocycles. The molecule has 0 aliphatic carbocycles. The Kier molecular flexibility index (Phi) is 4.08. The van der Waals surface area contributed by atoms with Gasteiger partial charge >= 0.3 is 0 Å². The van der Waals surface area contributed by atoms with Crippen LogP contribution in [0.4, 0.5) is 0 Å². The maximum Gasteiger partial charge on any atom is 0.179 e. The summed E-state index contributed by atoms with van der Waals surface area (Å²) in [7, 11) is 1.64. The van der Waals surface area contributed by atoms with Crippen LogP contribution in [0.5, 0.6) is 0 Å². The van der Waals surface area contributed by atoms with E-state index in [1.165, 1.54) is 0 Å². The summed E-state index contributed by atoms with van der Waals surface area (Å²) in [6.45, 7) is 2.08. The van der Waals surface area contributed by atoms with Crippen LogP contribution in [0.25, 0.3) is 0 Å². The van der Waals surface area contributed by atoms with E-state index in [4.69, 9.17) is 10.00 Å². The van der Waals surface area contributed by atoms with Gasteiger partial charge in [0.15, 0.2) is 5.82 Å². The molecule has 0 fully saturated rings. The van der Waals surface area contributed by atoms with E-state index in [1.807, 2.05) is 6.07 Å². The van der Waals surface area contributed by atoms with Gasteiger partial charge in [-0.05, 0) is 6.42 Å². The zero-order valence-corrected chi connectivity index (χ0v) is 8.45. The number of ether oxygens (including phenoxy) is 1. The van der Waals surface area contributed by atoms with Crippen LogP contribution in [0, 0.1) is 11.3 Å². The molecule has 5 nitrogen and oxygen atoms in total. The van der Waals surface area contributed by atoms with Gasteiger partial charge in [0.25, 0.3) is 0 Å². The normalized spacial score (nSPS) is 12.4. The van der Waals surface area contributed by atoms with E-state index in [0.29, 0.717) is 11.6 Å². The fraction of sp³-hybridized carbons (Fsp3) is 0.667. The fourth-order valence-electron chi connectivity index (χ4n) is 1.22. The van der Waals surface area contributed by atoms with Crippen LogP contribution in [-0.4, -0.2) is 22.3 Å². The standard InChI is InChI=1S/C9H14N4O/c1-3-4-7(14-2)9-11-8(5-6-10)12-13-9/h7H,3-5H2,1-2H3,(H,11,12,13). The number of rotatable bonds is 5. The van der Waals surface area contributed by atoms with Crippen LogP contribution in [0.3, 0.4) is 0 Å². The largest absolute Gasteiger partial charge is 0.373 e. The van der Waals surface area contributed by atoms with Crippen molar-refractivity contribution in [2.45, 2.75) is 32.3 Å². The number of H-pyrrole nitrogens is 1. The van der Waals surface area contributed by atoms with Crippen LogP contribution in [0.15, 0.2) is 0 Å². The van der Waals surface area contributed by atoms with E-state index >= 15 is 0 Å². The van der Waals surface area contributed by atoms with E-state index in [1.54, 1.807) is 7.11 Å². The molecule has 0 spiro atoms. The monoisotopic (exact) mass is 194 g/mol. The van der Waals surface area contributed by atoms with Gasteiger partial charge < -0.3 is 4.74 Å². The first-order valence-corrected chi connectivity index (χ1v) is 4.62. The molecule has 1 unspecified atom stereocenters. The van der Waals surface area contributed by atoms with Crippen molar-refractivity contribution in [1.29, 1.82) is 5.26 Å². The highest BCUT2D eigenvalue weighted by Gasteiger charge is 2.14. The van der Waals surface area contributed by atoms with Gasteiger partial charge in [-0.2, -0.15) is 10.4 Å². The van der Waals surface area contributed by atoms with E-state index in [0.717, 1.165) is 12.8 Å². The second-order valence-corrected chi connectivity index (χ2v) is 2.99. The molecule has 1 aromatic heterocycles. The second kappa shape index (κ2) is 5.35. The van der Waals surface area contributed by atoms with Gasteiger partial charge in [-0.15, -0.1) is 0 Å². The molecule has 1 rings (SSSR count). The number of hydrogen-bond acceptors (Lipinski definition) is 4. The van der Waals surface area contributed by atoms with Crippen molar-refractivity contribution in [3.8, 4) is 6.07 Å². The molecule has 0 saturated heterocycles. The lowest BCUT2D eigenvalue weighted by Crippen LogP contribution is -2.03. The highest BCUT2D eigenvalue weighted by Crippen LogP contribution is 2.17. The number of aromatic amines is 1. The third kappa shape index (κ3) is 2.54. The highest BCUT2D eigenvalue weighted by atomic mass is 16.5. The lowest BCUT2D eigenvalue weighted by molar-refractivity contribution is 0.0879. The fourth-order valence-corrected chi connectivity index (χ4v) is 1.22. The quantitative estimate of drug-likeness (QED) is 0.767. The molecular formula is C9H14N4O. The van der Waals surface area contributed by atoms with Crippen molar-refractivity contribution < 1.29 is 4.74 Å². The zero-order valence-electron chi connectivity index (χ0n) is 8.45. The summed E-state index contributed by atoms with van der Waals surface area (Å²) in [4.78, 5) is 4.18. The Bertz CT molecular complexity index is 315. The van der Waals surface area contributed by atoms with Crippen LogP contribution < -0.4 is 0 Å². The Morgan fingerprint density at radius 1 is 1.64 bits per heavy atom. The molecule has 0 saturated carbocycles. The Balaban J connectivity index is 2.69. The summed E-state index contributed by atoms with van der Waals surface area (Å²) in [5, 5.41) is 15.2. The number of nitrogens with one attached hydrogen (secondary N) is 1. The van der Waals surface area contributed by atoms with Gasteiger partial charge in [-0.3, -0.25) is 5.10 Å². The second-order valence-electron chi connectivity index (χ2n) is 2.99. The lowest BCUT2D eigenvalue weighted by Gasteiger charge is -2.08. The first kappa shape index (κ1) is 10.7. The average Bonchev–Trinajstić information content (AvgIpc) is 2.63. The van der Waals surface area contributed by atoms with Crippen molar-refractivity contribution in [3.05, 3.63) is 11.6 Å². The summed E-state index contributed by atoms with van der Waals surface area (Å²) in [5.41, 5.74) is 0. The molecule has 76 valence electrons. The molecule has 14 heavy (non-hydrogen) atoms. The molecule has 0 amide bonds. The highest BCUT2D eigenvalue weighted by molar-refractivity contribution is 4.99. The molecule has 0 radical (unpaired) electrons. The van der Waals surface area contributed by atoms with Crippen molar-refractivity contribution in [1.82, 2.24) is 15.2 Å². The van der Waals surface area contributed by atoms with Gasteiger partial charge in [0, 0.05) is 7.11 Å². The summed E-state index contributed by atoms with van der Waals surface area (Å²) < 4.78 is 5.24. The Hall–Kier alpha value is -1.41. The van der Waals surface area contributed by atoms with Gasteiger partial charge in [-0.1, -0.05) is 13.3 Å². The van der Waals surface area contributed by atoms with Crippen LogP contribution in [0.1, 0.15) is 37.5 Å². The number of methoxy groups -OCH3 is 1. The number of hydrogen-bond donors (Lipinski definition) is 1. The van der Waals surface area contributed by atoms with Gasteiger partial charge in [0.2, 0.25) is 0 Å².